The van der Waals surface area contributed by atoms with Crippen LogP contribution in [0.3, 0.4) is 0 Å². The Hall–Kier alpha value is -1.57. The highest BCUT2D eigenvalue weighted by molar-refractivity contribution is 5.46. The van der Waals surface area contributed by atoms with Gasteiger partial charge in [0, 0.05) is 13.2 Å². The molecule has 0 aromatic heterocycles. The van der Waals surface area contributed by atoms with Crippen LogP contribution in [0.25, 0.3) is 0 Å². The lowest BCUT2D eigenvalue weighted by Gasteiger charge is -2.06. The molecule has 0 unspecified atom stereocenters. The van der Waals surface area contributed by atoms with E-state index in [4.69, 9.17) is 14.6 Å². The molecule has 0 bridgehead atoms. The van der Waals surface area contributed by atoms with Crippen molar-refractivity contribution < 1.29 is 19.0 Å². The molecule has 4 heteroatoms. The van der Waals surface area contributed by atoms with Crippen molar-refractivity contribution in [3.05, 3.63) is 29.6 Å². The molecule has 1 rings (SSSR count). The second-order valence-corrected chi connectivity index (χ2v) is 2.65. The maximum atomic E-state index is 12.9. The van der Waals surface area contributed by atoms with Crippen LogP contribution >= 0.6 is 0 Å². The summed E-state index contributed by atoms with van der Waals surface area (Å²) in [5, 5.41) is 8.54. The Bertz CT molecular complexity index is 379. The van der Waals surface area contributed by atoms with Gasteiger partial charge in [0.05, 0.1) is 5.56 Å². The SMILES string of the molecule is COCOc1cc(F)ccc1C#CCO. The summed E-state index contributed by atoms with van der Waals surface area (Å²) in [5.41, 5.74) is 0.516. The van der Waals surface area contributed by atoms with E-state index in [0.717, 1.165) is 0 Å². The standard InChI is InChI=1S/C11H11FO3/c1-14-8-15-11-7-10(12)5-4-9(11)3-2-6-13/h4-5,7,13H,6,8H2,1H3. The molecule has 0 spiro atoms. The van der Waals surface area contributed by atoms with Crippen molar-refractivity contribution in [2.75, 3.05) is 20.5 Å². The number of halogens is 1. The monoisotopic (exact) mass is 210 g/mol. The maximum Gasteiger partial charge on any atom is 0.188 e. The van der Waals surface area contributed by atoms with Crippen molar-refractivity contribution in [3.8, 4) is 17.6 Å². The van der Waals surface area contributed by atoms with Crippen LogP contribution in [-0.2, 0) is 4.74 Å². The Balaban J connectivity index is 2.92. The number of hydrogen-bond donors (Lipinski definition) is 1. The summed E-state index contributed by atoms with van der Waals surface area (Å²) >= 11 is 0. The quantitative estimate of drug-likeness (QED) is 0.601. The fourth-order valence-corrected chi connectivity index (χ4v) is 0.976. The lowest BCUT2D eigenvalue weighted by atomic mass is 10.2. The normalized spacial score (nSPS) is 9.27. The number of ether oxygens (including phenoxy) is 2. The smallest absolute Gasteiger partial charge is 0.188 e. The molecule has 0 aliphatic heterocycles. The van der Waals surface area contributed by atoms with Crippen LogP contribution in [-0.4, -0.2) is 25.6 Å². The van der Waals surface area contributed by atoms with Crippen LogP contribution in [0, 0.1) is 17.7 Å². The molecular formula is C11H11FO3. The summed E-state index contributed by atoms with van der Waals surface area (Å²) in [7, 11) is 1.47. The average Bonchev–Trinajstić information content (AvgIpc) is 2.25. The van der Waals surface area contributed by atoms with Gasteiger partial charge in [0.2, 0.25) is 0 Å². The van der Waals surface area contributed by atoms with Gasteiger partial charge in [-0.1, -0.05) is 11.8 Å². The van der Waals surface area contributed by atoms with E-state index >= 15 is 0 Å². The van der Waals surface area contributed by atoms with Gasteiger partial charge in [-0.25, -0.2) is 4.39 Å². The Morgan fingerprint density at radius 1 is 1.47 bits per heavy atom. The topological polar surface area (TPSA) is 38.7 Å². The van der Waals surface area contributed by atoms with Gasteiger partial charge in [-0.3, -0.25) is 0 Å². The highest BCUT2D eigenvalue weighted by Crippen LogP contribution is 2.18. The van der Waals surface area contributed by atoms with Crippen molar-refractivity contribution in [2.45, 2.75) is 0 Å². The first-order valence-electron chi connectivity index (χ1n) is 4.29. The van der Waals surface area contributed by atoms with Crippen LogP contribution < -0.4 is 4.74 Å². The van der Waals surface area contributed by atoms with Gasteiger partial charge in [0.1, 0.15) is 18.2 Å². The second-order valence-electron chi connectivity index (χ2n) is 2.65. The summed E-state index contributed by atoms with van der Waals surface area (Å²) in [4.78, 5) is 0. The van der Waals surface area contributed by atoms with Crippen molar-refractivity contribution in [2.24, 2.45) is 0 Å². The zero-order valence-electron chi connectivity index (χ0n) is 8.29. The van der Waals surface area contributed by atoms with E-state index in [-0.39, 0.29) is 13.4 Å². The summed E-state index contributed by atoms with van der Waals surface area (Å²) in [6.45, 7) is -0.224. The molecule has 3 nitrogen and oxygen atoms in total. The summed E-state index contributed by atoms with van der Waals surface area (Å²) in [6, 6.07) is 3.99. The largest absolute Gasteiger partial charge is 0.466 e. The van der Waals surface area contributed by atoms with Crippen LogP contribution in [0.4, 0.5) is 4.39 Å². The van der Waals surface area contributed by atoms with Gasteiger partial charge < -0.3 is 14.6 Å². The first kappa shape index (κ1) is 11.5. The van der Waals surface area contributed by atoms with E-state index in [1.54, 1.807) is 0 Å². The van der Waals surface area contributed by atoms with E-state index in [2.05, 4.69) is 11.8 Å². The zero-order valence-corrected chi connectivity index (χ0v) is 8.29. The number of hydrogen-bond acceptors (Lipinski definition) is 3. The summed E-state index contributed by atoms with van der Waals surface area (Å²) in [5.74, 6) is 5.01. The molecule has 0 amide bonds. The number of aliphatic hydroxyl groups is 1. The third-order valence-corrected chi connectivity index (χ3v) is 1.58. The van der Waals surface area contributed by atoms with Crippen molar-refractivity contribution >= 4 is 0 Å². The molecular weight excluding hydrogens is 199 g/mol. The van der Waals surface area contributed by atoms with E-state index < -0.39 is 5.82 Å². The Morgan fingerprint density at radius 2 is 2.27 bits per heavy atom. The van der Waals surface area contributed by atoms with Gasteiger partial charge >= 0.3 is 0 Å². The molecule has 15 heavy (non-hydrogen) atoms. The number of benzene rings is 1. The lowest BCUT2D eigenvalue weighted by Crippen LogP contribution is -2.01. The summed E-state index contributed by atoms with van der Waals surface area (Å²) in [6.07, 6.45) is 0. The fourth-order valence-electron chi connectivity index (χ4n) is 0.976. The molecule has 0 fully saturated rings. The van der Waals surface area contributed by atoms with Gasteiger partial charge in [-0.15, -0.1) is 0 Å². The van der Waals surface area contributed by atoms with Gasteiger partial charge in [0.25, 0.3) is 0 Å². The molecule has 0 aliphatic rings. The van der Waals surface area contributed by atoms with Crippen LogP contribution in [0.5, 0.6) is 5.75 Å². The van der Waals surface area contributed by atoms with Gasteiger partial charge in [-0.2, -0.15) is 0 Å². The molecule has 0 saturated carbocycles. The minimum atomic E-state index is -0.407. The predicted molar refractivity (Wildman–Crippen MR) is 52.9 cm³/mol. The van der Waals surface area contributed by atoms with Crippen LogP contribution in [0.1, 0.15) is 5.56 Å². The fraction of sp³-hybridized carbons (Fsp3) is 0.273. The average molecular weight is 210 g/mol. The van der Waals surface area contributed by atoms with E-state index in [1.165, 1.54) is 25.3 Å². The predicted octanol–water partition coefficient (Wildman–Crippen LogP) is 1.15. The zero-order chi connectivity index (χ0) is 11.1. The molecule has 0 radical (unpaired) electrons. The molecule has 0 aliphatic carbocycles. The molecule has 1 aromatic carbocycles. The van der Waals surface area contributed by atoms with E-state index in [0.29, 0.717) is 11.3 Å². The minimum absolute atomic E-state index is 0.0251. The minimum Gasteiger partial charge on any atom is -0.466 e. The first-order chi connectivity index (χ1) is 7.27. The molecule has 80 valence electrons. The molecule has 0 atom stereocenters. The summed E-state index contributed by atoms with van der Waals surface area (Å²) < 4.78 is 22.7. The maximum absolute atomic E-state index is 12.9. The molecule has 0 heterocycles. The number of aliphatic hydroxyl groups excluding tert-OH is 1. The second kappa shape index (κ2) is 6.02. The molecule has 0 saturated heterocycles. The van der Waals surface area contributed by atoms with Crippen LogP contribution in [0.15, 0.2) is 18.2 Å². The van der Waals surface area contributed by atoms with Crippen molar-refractivity contribution in [3.63, 3.8) is 0 Å². The lowest BCUT2D eigenvalue weighted by molar-refractivity contribution is 0.0507. The number of methoxy groups -OCH3 is 1. The third kappa shape index (κ3) is 3.58. The third-order valence-electron chi connectivity index (χ3n) is 1.58. The Labute approximate surface area is 87.4 Å². The number of rotatable bonds is 3. The van der Waals surface area contributed by atoms with E-state index in [1.807, 2.05) is 0 Å². The highest BCUT2D eigenvalue weighted by atomic mass is 19.1. The highest BCUT2D eigenvalue weighted by Gasteiger charge is 2.02. The van der Waals surface area contributed by atoms with Gasteiger partial charge in [-0.05, 0) is 12.1 Å². The first-order valence-corrected chi connectivity index (χ1v) is 4.29. The van der Waals surface area contributed by atoms with Gasteiger partial charge in [0.15, 0.2) is 6.79 Å². The Kier molecular flexibility index (Phi) is 4.61. The molecule has 1 aromatic rings. The molecule has 1 N–H and O–H groups in total. The van der Waals surface area contributed by atoms with Crippen molar-refractivity contribution in [1.29, 1.82) is 0 Å². The van der Waals surface area contributed by atoms with E-state index in [9.17, 15) is 4.39 Å². The van der Waals surface area contributed by atoms with Crippen LogP contribution in [0.2, 0.25) is 0 Å². The van der Waals surface area contributed by atoms with Crippen molar-refractivity contribution in [1.82, 2.24) is 0 Å². The Morgan fingerprint density at radius 3 is 2.93 bits per heavy atom.